The number of methoxy groups -OCH3 is 1. The smallest absolute Gasteiger partial charge is 0.164 e. The van der Waals surface area contributed by atoms with E-state index in [2.05, 4.69) is 29.8 Å². The summed E-state index contributed by atoms with van der Waals surface area (Å²) in [5.74, 6) is 1.04. The lowest BCUT2D eigenvalue weighted by Crippen LogP contribution is -2.14. The molecule has 0 atom stereocenters. The summed E-state index contributed by atoms with van der Waals surface area (Å²) in [5.41, 5.74) is 1.94. The zero-order valence-corrected chi connectivity index (χ0v) is 12.1. The summed E-state index contributed by atoms with van der Waals surface area (Å²) >= 11 is 3.48. The van der Waals surface area contributed by atoms with Crippen LogP contribution in [0.4, 0.5) is 0 Å². The first-order valence-electron chi connectivity index (χ1n) is 5.83. The molecule has 0 aliphatic heterocycles. The van der Waals surface area contributed by atoms with Crippen LogP contribution >= 0.6 is 15.9 Å². The van der Waals surface area contributed by atoms with Gasteiger partial charge in [-0.1, -0.05) is 29.8 Å². The molecule has 92 valence electrons. The normalized spacial score (nSPS) is 18.5. The number of carbonyl (C=O) groups is 1. The highest BCUT2D eigenvalue weighted by Crippen LogP contribution is 2.39. The van der Waals surface area contributed by atoms with Crippen LogP contribution in [-0.2, 0) is 6.42 Å². The first-order chi connectivity index (χ1) is 7.94. The molecule has 0 fully saturated rings. The van der Waals surface area contributed by atoms with E-state index in [4.69, 9.17) is 4.74 Å². The number of ether oxygens (including phenoxy) is 1. The molecule has 1 aliphatic rings. The van der Waals surface area contributed by atoms with Crippen molar-refractivity contribution in [3.8, 4) is 5.75 Å². The molecule has 0 amide bonds. The van der Waals surface area contributed by atoms with Gasteiger partial charge in [0.25, 0.3) is 0 Å². The Balaban J connectivity index is 2.57. The van der Waals surface area contributed by atoms with Crippen molar-refractivity contribution in [2.45, 2.75) is 33.1 Å². The van der Waals surface area contributed by atoms with E-state index in [9.17, 15) is 4.79 Å². The predicted molar refractivity (Wildman–Crippen MR) is 71.7 cm³/mol. The van der Waals surface area contributed by atoms with Gasteiger partial charge in [-0.2, -0.15) is 0 Å². The number of rotatable bonds is 1. The van der Waals surface area contributed by atoms with Crippen LogP contribution in [0.5, 0.6) is 5.75 Å². The topological polar surface area (TPSA) is 26.3 Å². The predicted octanol–water partition coefficient (Wildman–Crippen LogP) is 4.00. The van der Waals surface area contributed by atoms with E-state index in [1.165, 1.54) is 0 Å². The Labute approximate surface area is 110 Å². The zero-order chi connectivity index (χ0) is 12.6. The van der Waals surface area contributed by atoms with Gasteiger partial charge in [0.15, 0.2) is 5.78 Å². The lowest BCUT2D eigenvalue weighted by atomic mass is 9.84. The van der Waals surface area contributed by atoms with Crippen molar-refractivity contribution >= 4 is 21.7 Å². The maximum atomic E-state index is 12.3. The molecule has 1 aromatic rings. The van der Waals surface area contributed by atoms with Crippen molar-refractivity contribution in [3.05, 3.63) is 27.7 Å². The molecular weight excluding hydrogens is 280 g/mol. The van der Waals surface area contributed by atoms with E-state index >= 15 is 0 Å². The van der Waals surface area contributed by atoms with E-state index < -0.39 is 0 Å². The molecule has 1 aromatic carbocycles. The Morgan fingerprint density at radius 3 is 2.71 bits per heavy atom. The first-order valence-corrected chi connectivity index (χ1v) is 6.62. The number of hydrogen-bond acceptors (Lipinski definition) is 2. The van der Waals surface area contributed by atoms with Crippen LogP contribution in [0.25, 0.3) is 0 Å². The molecule has 0 aromatic heterocycles. The fourth-order valence-electron chi connectivity index (χ4n) is 2.42. The van der Waals surface area contributed by atoms with Crippen LogP contribution in [0, 0.1) is 5.41 Å². The summed E-state index contributed by atoms with van der Waals surface area (Å²) in [7, 11) is 1.66. The highest BCUT2D eigenvalue weighted by Gasteiger charge is 2.30. The van der Waals surface area contributed by atoms with Crippen molar-refractivity contribution in [1.29, 1.82) is 0 Å². The van der Waals surface area contributed by atoms with Gasteiger partial charge in [-0.05, 0) is 30.4 Å². The Kier molecular flexibility index (Phi) is 3.30. The molecule has 0 bridgehead atoms. The van der Waals surface area contributed by atoms with Crippen LogP contribution in [-0.4, -0.2) is 12.9 Å². The second-order valence-electron chi connectivity index (χ2n) is 5.37. The standard InChI is InChI=1S/C14H17BrO2/c1-14(2)7-6-9-12(17-3)5-4-10(15)13(9)11(16)8-14/h4-5H,6-8H2,1-3H3. The Hall–Kier alpha value is -0.830. The number of carbonyl (C=O) groups excluding carboxylic acids is 1. The van der Waals surface area contributed by atoms with E-state index in [-0.39, 0.29) is 11.2 Å². The molecule has 0 saturated carbocycles. The molecule has 3 heteroatoms. The van der Waals surface area contributed by atoms with E-state index in [0.29, 0.717) is 6.42 Å². The molecule has 0 spiro atoms. The van der Waals surface area contributed by atoms with Gasteiger partial charge in [0.2, 0.25) is 0 Å². The summed E-state index contributed by atoms with van der Waals surface area (Å²) in [4.78, 5) is 12.3. The highest BCUT2D eigenvalue weighted by molar-refractivity contribution is 9.10. The number of halogens is 1. The monoisotopic (exact) mass is 296 g/mol. The summed E-state index contributed by atoms with van der Waals surface area (Å²) in [6, 6.07) is 3.82. The van der Waals surface area contributed by atoms with Gasteiger partial charge >= 0.3 is 0 Å². The number of benzene rings is 1. The minimum atomic E-state index is 0.0700. The summed E-state index contributed by atoms with van der Waals surface area (Å²) < 4.78 is 6.25. The van der Waals surface area contributed by atoms with Crippen molar-refractivity contribution in [2.24, 2.45) is 5.41 Å². The van der Waals surface area contributed by atoms with Gasteiger partial charge in [-0.15, -0.1) is 0 Å². The van der Waals surface area contributed by atoms with Gasteiger partial charge in [0, 0.05) is 22.0 Å². The van der Waals surface area contributed by atoms with Crippen molar-refractivity contribution in [1.82, 2.24) is 0 Å². The number of Topliss-reactive ketones (excluding diaryl/α,β-unsaturated/α-hetero) is 1. The quantitative estimate of drug-likeness (QED) is 0.732. The van der Waals surface area contributed by atoms with Gasteiger partial charge < -0.3 is 4.74 Å². The molecule has 17 heavy (non-hydrogen) atoms. The number of hydrogen-bond donors (Lipinski definition) is 0. The van der Waals surface area contributed by atoms with Crippen LogP contribution in [0.1, 0.15) is 42.6 Å². The fraction of sp³-hybridized carbons (Fsp3) is 0.500. The first kappa shape index (κ1) is 12.6. The lowest BCUT2D eigenvalue weighted by molar-refractivity contribution is 0.0933. The summed E-state index contributed by atoms with van der Waals surface area (Å²) in [6.45, 7) is 4.30. The third kappa shape index (κ3) is 2.39. The van der Waals surface area contributed by atoms with Crippen LogP contribution in [0.3, 0.4) is 0 Å². The molecule has 1 aliphatic carbocycles. The highest BCUT2D eigenvalue weighted by atomic mass is 79.9. The molecule has 0 heterocycles. The molecule has 2 rings (SSSR count). The van der Waals surface area contributed by atoms with E-state index in [0.717, 1.165) is 34.2 Å². The number of ketones is 1. The zero-order valence-electron chi connectivity index (χ0n) is 10.5. The maximum absolute atomic E-state index is 12.3. The molecular formula is C14H17BrO2. The largest absolute Gasteiger partial charge is 0.496 e. The van der Waals surface area contributed by atoms with Crippen LogP contribution in [0.15, 0.2) is 16.6 Å². The maximum Gasteiger partial charge on any atom is 0.164 e. The average Bonchev–Trinajstić information content (AvgIpc) is 2.36. The SMILES string of the molecule is COc1ccc(Br)c2c1CCC(C)(C)CC2=O. The van der Waals surface area contributed by atoms with Crippen LogP contribution in [0.2, 0.25) is 0 Å². The van der Waals surface area contributed by atoms with E-state index in [1.807, 2.05) is 12.1 Å². The third-order valence-corrected chi connectivity index (χ3v) is 4.07. The molecule has 0 radical (unpaired) electrons. The van der Waals surface area contributed by atoms with Crippen LogP contribution < -0.4 is 4.74 Å². The molecule has 0 saturated heterocycles. The van der Waals surface area contributed by atoms with Gasteiger partial charge in [-0.3, -0.25) is 4.79 Å². The lowest BCUT2D eigenvalue weighted by Gasteiger charge is -2.20. The Morgan fingerprint density at radius 1 is 1.35 bits per heavy atom. The van der Waals surface area contributed by atoms with Gasteiger partial charge in [-0.25, -0.2) is 0 Å². The molecule has 0 unspecified atom stereocenters. The molecule has 2 nitrogen and oxygen atoms in total. The van der Waals surface area contributed by atoms with Gasteiger partial charge in [0.1, 0.15) is 5.75 Å². The van der Waals surface area contributed by atoms with Crippen molar-refractivity contribution < 1.29 is 9.53 Å². The molecule has 0 N–H and O–H groups in total. The average molecular weight is 297 g/mol. The van der Waals surface area contributed by atoms with Crippen molar-refractivity contribution in [2.75, 3.05) is 7.11 Å². The Bertz CT molecular complexity index is 464. The number of fused-ring (bicyclic) bond motifs is 1. The third-order valence-electron chi connectivity index (χ3n) is 3.41. The second-order valence-corrected chi connectivity index (χ2v) is 6.22. The second kappa shape index (κ2) is 4.45. The minimum Gasteiger partial charge on any atom is -0.496 e. The van der Waals surface area contributed by atoms with E-state index in [1.54, 1.807) is 7.11 Å². The summed E-state index contributed by atoms with van der Waals surface area (Å²) in [6.07, 6.45) is 2.51. The van der Waals surface area contributed by atoms with Crippen molar-refractivity contribution in [3.63, 3.8) is 0 Å². The Morgan fingerprint density at radius 2 is 2.06 bits per heavy atom. The van der Waals surface area contributed by atoms with Gasteiger partial charge in [0.05, 0.1) is 7.11 Å². The fourth-order valence-corrected chi connectivity index (χ4v) is 3.01. The summed E-state index contributed by atoms with van der Waals surface area (Å²) in [5, 5.41) is 0. The minimum absolute atomic E-state index is 0.0700.